The molecular weight excluding hydrogens is 276 g/mol. The normalized spacial score (nSPS) is 25.0. The first kappa shape index (κ1) is 17.3. The molecule has 0 bridgehead atoms. The van der Waals surface area contributed by atoms with E-state index in [1.54, 1.807) is 4.90 Å². The molecule has 0 aromatic heterocycles. The van der Waals surface area contributed by atoms with Crippen LogP contribution in [0.2, 0.25) is 0 Å². The van der Waals surface area contributed by atoms with Crippen molar-refractivity contribution in [2.45, 2.75) is 71.9 Å². The highest BCUT2D eigenvalue weighted by Crippen LogP contribution is 2.37. The molecule has 1 heterocycles. The summed E-state index contributed by atoms with van der Waals surface area (Å²) in [6, 6.07) is 0.622. The van der Waals surface area contributed by atoms with Gasteiger partial charge >= 0.3 is 6.09 Å². The van der Waals surface area contributed by atoms with Crippen LogP contribution in [0.25, 0.3) is 0 Å². The fourth-order valence-electron chi connectivity index (χ4n) is 3.32. The zero-order chi connectivity index (χ0) is 16.4. The van der Waals surface area contributed by atoms with Gasteiger partial charge in [-0.05, 0) is 45.4 Å². The molecule has 0 saturated heterocycles. The second kappa shape index (κ2) is 6.61. The lowest BCUT2D eigenvalue weighted by atomic mass is 9.87. The van der Waals surface area contributed by atoms with E-state index >= 15 is 0 Å². The van der Waals surface area contributed by atoms with Crippen molar-refractivity contribution in [3.63, 3.8) is 0 Å². The summed E-state index contributed by atoms with van der Waals surface area (Å²) in [5.41, 5.74) is 1.41. The quantitative estimate of drug-likeness (QED) is 0.808. The van der Waals surface area contributed by atoms with Crippen LogP contribution in [-0.4, -0.2) is 42.3 Å². The second-order valence-electron chi connectivity index (χ2n) is 8.35. The monoisotopic (exact) mass is 308 g/mol. The third kappa shape index (κ3) is 4.73. The van der Waals surface area contributed by atoms with Crippen molar-refractivity contribution in [2.75, 3.05) is 19.6 Å². The molecule has 1 fully saturated rings. The SMILES string of the molecule is CC(C)(C)OC(=O)N1CC=C(CNC2CCCC2(C)C)CC1. The zero-order valence-electron chi connectivity index (χ0n) is 14.9. The van der Waals surface area contributed by atoms with E-state index in [-0.39, 0.29) is 6.09 Å². The summed E-state index contributed by atoms with van der Waals surface area (Å²) in [4.78, 5) is 13.8. The standard InChI is InChI=1S/C18H32N2O2/c1-17(2,3)22-16(21)20-11-8-14(9-12-20)13-19-15-7-6-10-18(15,4)5/h8,15,19H,6-7,9-13H2,1-5H3. The summed E-state index contributed by atoms with van der Waals surface area (Å²) in [7, 11) is 0. The predicted octanol–water partition coefficient (Wildman–Crippen LogP) is 3.72. The Morgan fingerprint density at radius 2 is 2.18 bits per heavy atom. The molecule has 22 heavy (non-hydrogen) atoms. The highest BCUT2D eigenvalue weighted by Gasteiger charge is 2.34. The Kier molecular flexibility index (Phi) is 5.21. The van der Waals surface area contributed by atoms with Crippen molar-refractivity contribution in [3.05, 3.63) is 11.6 Å². The summed E-state index contributed by atoms with van der Waals surface area (Å²) in [6.07, 6.45) is 6.85. The smallest absolute Gasteiger partial charge is 0.410 e. The molecule has 1 amide bonds. The molecule has 4 heteroatoms. The molecule has 0 aromatic rings. The Morgan fingerprint density at radius 3 is 2.68 bits per heavy atom. The van der Waals surface area contributed by atoms with Gasteiger partial charge in [-0.1, -0.05) is 31.9 Å². The fourth-order valence-corrected chi connectivity index (χ4v) is 3.32. The maximum Gasteiger partial charge on any atom is 0.410 e. The molecule has 1 unspecified atom stereocenters. The highest BCUT2D eigenvalue weighted by atomic mass is 16.6. The van der Waals surface area contributed by atoms with Crippen LogP contribution >= 0.6 is 0 Å². The van der Waals surface area contributed by atoms with Crippen molar-refractivity contribution in [3.8, 4) is 0 Å². The van der Waals surface area contributed by atoms with Crippen molar-refractivity contribution < 1.29 is 9.53 Å². The minimum Gasteiger partial charge on any atom is -0.444 e. The molecule has 0 aromatic carbocycles. The number of nitrogens with one attached hydrogen (secondary N) is 1. The van der Waals surface area contributed by atoms with Crippen LogP contribution in [0, 0.1) is 5.41 Å². The van der Waals surface area contributed by atoms with Gasteiger partial charge in [0.25, 0.3) is 0 Å². The van der Waals surface area contributed by atoms with Crippen LogP contribution in [0.15, 0.2) is 11.6 Å². The number of carbonyl (C=O) groups is 1. The largest absolute Gasteiger partial charge is 0.444 e. The number of nitrogens with zero attached hydrogens (tertiary/aromatic N) is 1. The molecule has 126 valence electrons. The predicted molar refractivity (Wildman–Crippen MR) is 89.9 cm³/mol. The van der Waals surface area contributed by atoms with Crippen LogP contribution in [-0.2, 0) is 4.74 Å². The van der Waals surface area contributed by atoms with Crippen molar-refractivity contribution in [1.82, 2.24) is 10.2 Å². The van der Waals surface area contributed by atoms with Gasteiger partial charge in [0.15, 0.2) is 0 Å². The molecule has 0 radical (unpaired) electrons. The molecule has 1 aliphatic heterocycles. The second-order valence-corrected chi connectivity index (χ2v) is 8.35. The van der Waals surface area contributed by atoms with E-state index in [2.05, 4.69) is 25.2 Å². The van der Waals surface area contributed by atoms with Gasteiger partial charge in [0.1, 0.15) is 5.60 Å². The number of ether oxygens (including phenoxy) is 1. The van der Waals surface area contributed by atoms with Crippen molar-refractivity contribution in [2.24, 2.45) is 5.41 Å². The van der Waals surface area contributed by atoms with E-state index in [0.29, 0.717) is 18.0 Å². The molecule has 1 aliphatic carbocycles. The summed E-state index contributed by atoms with van der Waals surface area (Å²) >= 11 is 0. The zero-order valence-corrected chi connectivity index (χ0v) is 14.9. The maximum atomic E-state index is 12.0. The van der Waals surface area contributed by atoms with Crippen molar-refractivity contribution in [1.29, 1.82) is 0 Å². The number of hydrogen-bond donors (Lipinski definition) is 1. The van der Waals surface area contributed by atoms with Gasteiger partial charge in [-0.25, -0.2) is 4.79 Å². The molecular formula is C18H32N2O2. The van der Waals surface area contributed by atoms with Gasteiger partial charge < -0.3 is 15.0 Å². The van der Waals surface area contributed by atoms with E-state index in [4.69, 9.17) is 4.74 Å². The summed E-state index contributed by atoms with van der Waals surface area (Å²) in [6.45, 7) is 12.8. The van der Waals surface area contributed by atoms with E-state index in [0.717, 1.165) is 19.5 Å². The maximum absolute atomic E-state index is 12.0. The number of rotatable bonds is 3. The number of hydrogen-bond acceptors (Lipinski definition) is 3. The van der Waals surface area contributed by atoms with Gasteiger partial charge in [-0.2, -0.15) is 0 Å². The van der Waals surface area contributed by atoms with Gasteiger partial charge in [0, 0.05) is 25.7 Å². The molecule has 4 nitrogen and oxygen atoms in total. The first-order chi connectivity index (χ1) is 10.2. The lowest BCUT2D eigenvalue weighted by Crippen LogP contribution is -2.42. The first-order valence-corrected chi connectivity index (χ1v) is 8.57. The van der Waals surface area contributed by atoms with Crippen LogP contribution < -0.4 is 5.32 Å². The van der Waals surface area contributed by atoms with Gasteiger partial charge in [-0.15, -0.1) is 0 Å². The molecule has 1 atom stereocenters. The first-order valence-electron chi connectivity index (χ1n) is 8.57. The van der Waals surface area contributed by atoms with Crippen LogP contribution in [0.4, 0.5) is 4.79 Å². The third-order valence-corrected chi connectivity index (χ3v) is 4.79. The summed E-state index contributed by atoms with van der Waals surface area (Å²) < 4.78 is 5.42. The average molecular weight is 308 g/mol. The van der Waals surface area contributed by atoms with E-state index < -0.39 is 5.60 Å². The van der Waals surface area contributed by atoms with Crippen LogP contribution in [0.1, 0.15) is 60.3 Å². The average Bonchev–Trinajstić information content (AvgIpc) is 2.74. The van der Waals surface area contributed by atoms with E-state index in [9.17, 15) is 4.79 Å². The Hall–Kier alpha value is -1.03. The van der Waals surface area contributed by atoms with Gasteiger partial charge in [0.2, 0.25) is 0 Å². The number of amides is 1. The lowest BCUT2D eigenvalue weighted by Gasteiger charge is -2.31. The minimum atomic E-state index is -0.420. The Labute approximate surface area is 135 Å². The molecule has 2 aliphatic rings. The van der Waals surface area contributed by atoms with Gasteiger partial charge in [-0.3, -0.25) is 0 Å². The van der Waals surface area contributed by atoms with Crippen LogP contribution in [0.3, 0.4) is 0 Å². The minimum absolute atomic E-state index is 0.201. The Bertz CT molecular complexity index is 435. The highest BCUT2D eigenvalue weighted by molar-refractivity contribution is 5.68. The van der Waals surface area contributed by atoms with E-state index in [1.807, 2.05) is 20.8 Å². The lowest BCUT2D eigenvalue weighted by molar-refractivity contribution is 0.0265. The Balaban J connectivity index is 1.78. The third-order valence-electron chi connectivity index (χ3n) is 4.79. The topological polar surface area (TPSA) is 41.6 Å². The summed E-state index contributed by atoms with van der Waals surface area (Å²) in [5.74, 6) is 0. The Morgan fingerprint density at radius 1 is 1.45 bits per heavy atom. The number of carbonyl (C=O) groups excluding carboxylic acids is 1. The van der Waals surface area contributed by atoms with Crippen molar-refractivity contribution >= 4 is 6.09 Å². The molecule has 1 N–H and O–H groups in total. The van der Waals surface area contributed by atoms with Gasteiger partial charge in [0.05, 0.1) is 0 Å². The van der Waals surface area contributed by atoms with E-state index in [1.165, 1.54) is 24.8 Å². The molecule has 0 spiro atoms. The molecule has 2 rings (SSSR count). The molecule has 1 saturated carbocycles. The fraction of sp³-hybridized carbons (Fsp3) is 0.833. The van der Waals surface area contributed by atoms with Crippen LogP contribution in [0.5, 0.6) is 0 Å². The summed E-state index contributed by atoms with van der Waals surface area (Å²) in [5, 5.41) is 3.72.